The molecule has 1 atom stereocenters. The molecule has 0 saturated carbocycles. The number of ether oxygens (including phenoxy) is 1. The molecular formula is C26H28O2. The van der Waals surface area contributed by atoms with Gasteiger partial charge in [-0.3, -0.25) is 4.79 Å². The van der Waals surface area contributed by atoms with Crippen LogP contribution in [0.4, 0.5) is 0 Å². The molecule has 2 aliphatic carbocycles. The zero-order valence-electron chi connectivity index (χ0n) is 16.6. The molecule has 2 heteroatoms. The van der Waals surface area contributed by atoms with E-state index in [-0.39, 0.29) is 11.9 Å². The van der Waals surface area contributed by atoms with Gasteiger partial charge in [-0.05, 0) is 60.5 Å². The van der Waals surface area contributed by atoms with Gasteiger partial charge in [-0.25, -0.2) is 0 Å². The lowest BCUT2D eigenvalue weighted by molar-refractivity contribution is -0.143. The van der Waals surface area contributed by atoms with Crippen LogP contribution < -0.4 is 0 Å². The Morgan fingerprint density at radius 2 is 1.54 bits per heavy atom. The van der Waals surface area contributed by atoms with Crippen molar-refractivity contribution in [1.82, 2.24) is 0 Å². The van der Waals surface area contributed by atoms with E-state index in [2.05, 4.69) is 60.7 Å². The molecular weight excluding hydrogens is 344 g/mol. The van der Waals surface area contributed by atoms with Gasteiger partial charge in [0.2, 0.25) is 0 Å². The lowest BCUT2D eigenvalue weighted by Gasteiger charge is -2.20. The van der Waals surface area contributed by atoms with Crippen LogP contribution in [0.1, 0.15) is 56.6 Å². The zero-order valence-corrected chi connectivity index (χ0v) is 16.6. The Morgan fingerprint density at radius 3 is 2.21 bits per heavy atom. The first kappa shape index (κ1) is 18.7. The molecule has 2 aromatic rings. The molecule has 0 aromatic heterocycles. The number of carbonyl (C=O) groups is 1. The molecule has 2 nitrogen and oxygen atoms in total. The van der Waals surface area contributed by atoms with Crippen molar-refractivity contribution in [2.45, 2.75) is 45.4 Å². The fourth-order valence-electron chi connectivity index (χ4n) is 4.80. The Bertz CT molecular complexity index is 891. The molecule has 28 heavy (non-hydrogen) atoms. The van der Waals surface area contributed by atoms with Gasteiger partial charge >= 0.3 is 5.97 Å². The molecule has 0 N–H and O–H groups in total. The Hall–Kier alpha value is -2.61. The summed E-state index contributed by atoms with van der Waals surface area (Å²) in [6.45, 7) is 2.32. The number of rotatable bonds is 5. The number of allylic oxidation sites excluding steroid dienone is 4. The average Bonchev–Trinajstić information content (AvgIpc) is 2.87. The summed E-state index contributed by atoms with van der Waals surface area (Å²) in [5.74, 6) is 0.0381. The largest absolute Gasteiger partial charge is 0.466 e. The molecule has 0 amide bonds. The van der Waals surface area contributed by atoms with Crippen molar-refractivity contribution in [1.29, 1.82) is 0 Å². The number of hydrogen-bond donors (Lipinski definition) is 0. The third kappa shape index (κ3) is 3.69. The van der Waals surface area contributed by atoms with Gasteiger partial charge in [0.05, 0.1) is 13.0 Å². The van der Waals surface area contributed by atoms with E-state index in [1.165, 1.54) is 52.7 Å². The normalized spacial score (nSPS) is 19.4. The second-order valence-corrected chi connectivity index (χ2v) is 7.65. The summed E-state index contributed by atoms with van der Waals surface area (Å²) in [6.07, 6.45) is 6.34. The maximum absolute atomic E-state index is 12.5. The number of benzene rings is 2. The highest BCUT2D eigenvalue weighted by Gasteiger charge is 2.36. The van der Waals surface area contributed by atoms with Crippen molar-refractivity contribution >= 4 is 17.1 Å². The highest BCUT2D eigenvalue weighted by atomic mass is 16.5. The van der Waals surface area contributed by atoms with Gasteiger partial charge in [0.25, 0.3) is 0 Å². The van der Waals surface area contributed by atoms with Gasteiger partial charge in [-0.1, -0.05) is 72.7 Å². The molecule has 0 fully saturated rings. The molecule has 0 spiro atoms. The van der Waals surface area contributed by atoms with Crippen molar-refractivity contribution in [2.75, 3.05) is 6.61 Å². The Labute approximate surface area is 167 Å². The number of hydrogen-bond acceptors (Lipinski definition) is 2. The smallest absolute Gasteiger partial charge is 0.306 e. The summed E-state index contributed by atoms with van der Waals surface area (Å²) >= 11 is 0. The Balaban J connectivity index is 1.89. The summed E-state index contributed by atoms with van der Waals surface area (Å²) in [5, 5.41) is 0. The molecule has 0 saturated heterocycles. The van der Waals surface area contributed by atoms with Crippen LogP contribution in [0.2, 0.25) is 0 Å². The fourth-order valence-corrected chi connectivity index (χ4v) is 4.80. The standard InChI is InChI=1S/C26H28O2/c1-2-28-24(27)18-23-21-16-10-5-11-17-22(21)25(19-12-6-3-7-13-19)26(23)20-14-8-4-9-15-20/h3-4,6-9,12-15,23H,2,5,10-11,16-18H2,1H3. The average molecular weight is 373 g/mol. The minimum Gasteiger partial charge on any atom is -0.466 e. The predicted molar refractivity (Wildman–Crippen MR) is 115 cm³/mol. The van der Waals surface area contributed by atoms with Crippen molar-refractivity contribution in [2.24, 2.45) is 5.92 Å². The molecule has 2 aromatic carbocycles. The summed E-state index contributed by atoms with van der Waals surface area (Å²) in [5.41, 5.74) is 8.12. The molecule has 0 bridgehead atoms. The van der Waals surface area contributed by atoms with Crippen molar-refractivity contribution in [3.63, 3.8) is 0 Å². The van der Waals surface area contributed by atoms with Crippen molar-refractivity contribution < 1.29 is 9.53 Å². The van der Waals surface area contributed by atoms with Gasteiger partial charge in [0.15, 0.2) is 0 Å². The summed E-state index contributed by atoms with van der Waals surface area (Å²) in [4.78, 5) is 12.5. The van der Waals surface area contributed by atoms with E-state index in [1.54, 1.807) is 0 Å². The van der Waals surface area contributed by atoms with Crippen LogP contribution in [-0.4, -0.2) is 12.6 Å². The van der Waals surface area contributed by atoms with Crippen LogP contribution in [0.5, 0.6) is 0 Å². The van der Waals surface area contributed by atoms with E-state index in [0.717, 1.165) is 12.8 Å². The molecule has 0 radical (unpaired) electrons. The van der Waals surface area contributed by atoms with Crippen LogP contribution in [0.15, 0.2) is 71.8 Å². The Kier molecular flexibility index (Phi) is 5.76. The van der Waals surface area contributed by atoms with E-state index in [4.69, 9.17) is 4.74 Å². The summed E-state index contributed by atoms with van der Waals surface area (Å²) < 4.78 is 5.36. The maximum atomic E-state index is 12.5. The molecule has 144 valence electrons. The SMILES string of the molecule is CCOC(=O)CC1C2=C(CCCCC2)C(c2ccccc2)=C1c1ccccc1. The molecule has 4 rings (SSSR count). The number of carbonyl (C=O) groups excluding carboxylic acids is 1. The zero-order chi connectivity index (χ0) is 19.3. The lowest BCUT2D eigenvalue weighted by Crippen LogP contribution is -2.14. The van der Waals surface area contributed by atoms with Crippen molar-refractivity contribution in [3.05, 3.63) is 82.9 Å². The quantitative estimate of drug-likeness (QED) is 0.564. The topological polar surface area (TPSA) is 26.3 Å². The van der Waals surface area contributed by atoms with E-state index < -0.39 is 0 Å². The van der Waals surface area contributed by atoms with Crippen LogP contribution >= 0.6 is 0 Å². The minimum atomic E-state index is -0.0914. The highest BCUT2D eigenvalue weighted by Crippen LogP contribution is 2.52. The van der Waals surface area contributed by atoms with Crippen molar-refractivity contribution in [3.8, 4) is 0 Å². The van der Waals surface area contributed by atoms with Gasteiger partial charge in [-0.15, -0.1) is 0 Å². The second-order valence-electron chi connectivity index (χ2n) is 7.65. The minimum absolute atomic E-state index is 0.0914. The van der Waals surface area contributed by atoms with E-state index in [0.29, 0.717) is 13.0 Å². The first-order chi connectivity index (χ1) is 13.8. The Morgan fingerprint density at radius 1 is 0.893 bits per heavy atom. The van der Waals surface area contributed by atoms with E-state index >= 15 is 0 Å². The first-order valence-electron chi connectivity index (χ1n) is 10.5. The summed E-state index contributed by atoms with van der Waals surface area (Å²) in [7, 11) is 0. The molecule has 2 aliphatic rings. The summed E-state index contributed by atoms with van der Waals surface area (Å²) in [6, 6.07) is 21.3. The van der Waals surface area contributed by atoms with Gasteiger partial charge in [-0.2, -0.15) is 0 Å². The molecule has 0 heterocycles. The molecule has 0 aliphatic heterocycles. The first-order valence-corrected chi connectivity index (χ1v) is 10.5. The van der Waals surface area contributed by atoms with Crippen LogP contribution in [-0.2, 0) is 9.53 Å². The highest BCUT2D eigenvalue weighted by molar-refractivity contribution is 6.04. The predicted octanol–water partition coefficient (Wildman–Crippen LogP) is 6.44. The fraction of sp³-hybridized carbons (Fsp3) is 0.346. The van der Waals surface area contributed by atoms with Gasteiger partial charge in [0, 0.05) is 5.92 Å². The van der Waals surface area contributed by atoms with Crippen LogP contribution in [0, 0.1) is 5.92 Å². The van der Waals surface area contributed by atoms with Gasteiger partial charge < -0.3 is 4.74 Å². The third-order valence-corrected chi connectivity index (χ3v) is 5.92. The lowest BCUT2D eigenvalue weighted by atomic mass is 9.84. The molecule has 1 unspecified atom stereocenters. The maximum Gasteiger partial charge on any atom is 0.306 e. The van der Waals surface area contributed by atoms with E-state index in [1.807, 2.05) is 6.92 Å². The van der Waals surface area contributed by atoms with Gasteiger partial charge in [0.1, 0.15) is 0 Å². The second kappa shape index (κ2) is 8.60. The van der Waals surface area contributed by atoms with Crippen LogP contribution in [0.3, 0.4) is 0 Å². The monoisotopic (exact) mass is 372 g/mol. The third-order valence-electron chi connectivity index (χ3n) is 5.92. The number of esters is 1. The van der Waals surface area contributed by atoms with E-state index in [9.17, 15) is 4.79 Å². The van der Waals surface area contributed by atoms with Crippen LogP contribution in [0.25, 0.3) is 11.1 Å².